The van der Waals surface area contributed by atoms with E-state index in [4.69, 9.17) is 23.2 Å². The molecule has 1 heterocycles. The quantitative estimate of drug-likeness (QED) is 0.536. The lowest BCUT2D eigenvalue weighted by molar-refractivity contribution is -0.124. The number of rotatable bonds is 3. The molecule has 31 heavy (non-hydrogen) atoms. The highest BCUT2D eigenvalue weighted by Gasteiger charge is 2.67. The number of benzene rings is 2. The lowest BCUT2D eigenvalue weighted by Gasteiger charge is -2.37. The zero-order valence-electron chi connectivity index (χ0n) is 16.3. The third-order valence-corrected chi connectivity index (χ3v) is 8.07. The molecule has 1 aliphatic heterocycles. The number of amides is 3. The SMILES string of the molecule is O=C(Nc1cccc(Cl)c1Cl)c1ccc(N2C(=O)[C@@H]3[C@H]4C=C[C@H]([C@H]5C[C@H]45)[C@@H]3C2=O)cc1. The Morgan fingerprint density at radius 1 is 0.903 bits per heavy atom. The maximum Gasteiger partial charge on any atom is 0.255 e. The van der Waals surface area contributed by atoms with Crippen LogP contribution in [-0.4, -0.2) is 17.7 Å². The van der Waals surface area contributed by atoms with Gasteiger partial charge < -0.3 is 5.32 Å². The van der Waals surface area contributed by atoms with Crippen LogP contribution in [0.25, 0.3) is 0 Å². The van der Waals surface area contributed by atoms with Crippen LogP contribution >= 0.6 is 23.2 Å². The Morgan fingerprint density at radius 3 is 2.13 bits per heavy atom. The van der Waals surface area contributed by atoms with Crippen LogP contribution in [-0.2, 0) is 9.59 Å². The third kappa shape index (κ3) is 2.73. The van der Waals surface area contributed by atoms with Crippen molar-refractivity contribution in [3.63, 3.8) is 0 Å². The van der Waals surface area contributed by atoms with E-state index in [1.165, 1.54) is 4.90 Å². The molecule has 2 aromatic carbocycles. The number of allylic oxidation sites excluding steroid dienone is 2. The molecule has 0 aromatic heterocycles. The molecule has 2 aromatic rings. The van der Waals surface area contributed by atoms with Crippen molar-refractivity contribution in [1.29, 1.82) is 0 Å². The van der Waals surface area contributed by atoms with Crippen molar-refractivity contribution < 1.29 is 14.4 Å². The second-order valence-electron chi connectivity index (χ2n) is 8.77. The number of anilines is 2. The summed E-state index contributed by atoms with van der Waals surface area (Å²) in [6.07, 6.45) is 5.45. The second-order valence-corrected chi connectivity index (χ2v) is 9.55. The van der Waals surface area contributed by atoms with Gasteiger partial charge in [0.1, 0.15) is 0 Å². The highest BCUT2D eigenvalue weighted by Crippen LogP contribution is 2.65. The summed E-state index contributed by atoms with van der Waals surface area (Å²) in [4.78, 5) is 40.3. The molecule has 4 aliphatic carbocycles. The van der Waals surface area contributed by atoms with Crippen LogP contribution in [0, 0.1) is 35.5 Å². The van der Waals surface area contributed by atoms with E-state index in [1.807, 2.05) is 0 Å². The van der Waals surface area contributed by atoms with Gasteiger partial charge in [-0.05, 0) is 66.5 Å². The molecular formula is C24H18Cl2N2O3. The number of halogens is 2. The van der Waals surface area contributed by atoms with Crippen molar-refractivity contribution in [3.8, 4) is 0 Å². The summed E-state index contributed by atoms with van der Waals surface area (Å²) in [5, 5.41) is 3.35. The Kier molecular flexibility index (Phi) is 4.11. The Morgan fingerprint density at radius 2 is 1.52 bits per heavy atom. The molecular weight excluding hydrogens is 435 g/mol. The van der Waals surface area contributed by atoms with Gasteiger partial charge in [-0.2, -0.15) is 0 Å². The highest BCUT2D eigenvalue weighted by molar-refractivity contribution is 6.44. The minimum Gasteiger partial charge on any atom is -0.321 e. The summed E-state index contributed by atoms with van der Waals surface area (Å²) < 4.78 is 0. The standard InChI is InChI=1S/C24H18Cl2N2O3/c25-17-2-1-3-18(21(17)26)27-22(29)11-4-6-12(7-5-11)28-23(30)19-13-8-9-14(16-10-15(13)16)20(19)24(28)31/h1-9,13-16,19-20H,10H2,(H,27,29)/t13-,14+,15-,16-,19+,20-/m1/s1. The zero-order chi connectivity index (χ0) is 21.4. The zero-order valence-corrected chi connectivity index (χ0v) is 17.8. The first-order valence-corrected chi connectivity index (χ1v) is 11.1. The van der Waals surface area contributed by atoms with Crippen LogP contribution in [0.4, 0.5) is 11.4 Å². The van der Waals surface area contributed by atoms with Gasteiger partial charge in [0.25, 0.3) is 5.91 Å². The molecule has 3 fully saturated rings. The van der Waals surface area contributed by atoms with Gasteiger partial charge in [-0.3, -0.25) is 19.3 Å². The summed E-state index contributed by atoms with van der Waals surface area (Å²) >= 11 is 12.1. The first kappa shape index (κ1) is 19.1. The van der Waals surface area contributed by atoms with Crippen molar-refractivity contribution in [2.45, 2.75) is 6.42 Å². The molecule has 1 saturated heterocycles. The Balaban J connectivity index is 1.24. The van der Waals surface area contributed by atoms with Gasteiger partial charge in [0, 0.05) is 5.56 Å². The van der Waals surface area contributed by atoms with Crippen molar-refractivity contribution in [2.75, 3.05) is 10.2 Å². The van der Waals surface area contributed by atoms with E-state index in [0.717, 1.165) is 6.42 Å². The van der Waals surface area contributed by atoms with Gasteiger partial charge in [0.15, 0.2) is 0 Å². The fourth-order valence-corrected chi connectivity index (χ4v) is 6.12. The molecule has 2 bridgehead atoms. The molecule has 5 aliphatic rings. The van der Waals surface area contributed by atoms with E-state index < -0.39 is 0 Å². The fourth-order valence-electron chi connectivity index (χ4n) is 5.77. The van der Waals surface area contributed by atoms with E-state index in [1.54, 1.807) is 42.5 Å². The molecule has 1 N–H and O–H groups in total. The van der Waals surface area contributed by atoms with Crippen LogP contribution in [0.15, 0.2) is 54.6 Å². The molecule has 2 saturated carbocycles. The maximum atomic E-state index is 13.2. The van der Waals surface area contributed by atoms with Gasteiger partial charge in [0.05, 0.1) is 33.3 Å². The molecule has 5 nitrogen and oxygen atoms in total. The Hall–Kier alpha value is -2.63. The normalized spacial score (nSPS) is 32.1. The van der Waals surface area contributed by atoms with Crippen molar-refractivity contribution >= 4 is 52.3 Å². The third-order valence-electron chi connectivity index (χ3n) is 7.25. The number of carbonyl (C=O) groups excluding carboxylic acids is 3. The summed E-state index contributed by atoms with van der Waals surface area (Å²) in [7, 11) is 0. The minimum atomic E-state index is -0.356. The van der Waals surface area contributed by atoms with Gasteiger partial charge in [0.2, 0.25) is 11.8 Å². The number of hydrogen-bond acceptors (Lipinski definition) is 3. The van der Waals surface area contributed by atoms with E-state index in [0.29, 0.717) is 33.8 Å². The van der Waals surface area contributed by atoms with Crippen LogP contribution in [0.3, 0.4) is 0 Å². The molecule has 3 amide bonds. The first-order valence-electron chi connectivity index (χ1n) is 10.4. The fraction of sp³-hybridized carbons (Fsp3) is 0.292. The summed E-state index contributed by atoms with van der Waals surface area (Å²) in [6, 6.07) is 11.5. The smallest absolute Gasteiger partial charge is 0.255 e. The number of nitrogens with one attached hydrogen (secondary N) is 1. The summed E-state index contributed by atoms with van der Waals surface area (Å²) in [5.74, 6) is 0.465. The van der Waals surface area contributed by atoms with E-state index in [9.17, 15) is 14.4 Å². The van der Waals surface area contributed by atoms with Gasteiger partial charge in [-0.25, -0.2) is 0 Å². The Labute approximate surface area is 189 Å². The van der Waals surface area contributed by atoms with Crippen molar-refractivity contribution in [3.05, 3.63) is 70.2 Å². The maximum absolute atomic E-state index is 13.2. The van der Waals surface area contributed by atoms with Crippen molar-refractivity contribution in [1.82, 2.24) is 0 Å². The number of imide groups is 1. The largest absolute Gasteiger partial charge is 0.321 e. The highest BCUT2D eigenvalue weighted by atomic mass is 35.5. The summed E-state index contributed by atoms with van der Waals surface area (Å²) in [5.41, 5.74) is 1.31. The van der Waals surface area contributed by atoms with E-state index in [-0.39, 0.29) is 46.4 Å². The number of hydrogen-bond donors (Lipinski definition) is 1. The van der Waals surface area contributed by atoms with Crippen LogP contribution in [0.2, 0.25) is 10.0 Å². The molecule has 156 valence electrons. The molecule has 7 heteroatoms. The average molecular weight is 453 g/mol. The van der Waals surface area contributed by atoms with Gasteiger partial charge >= 0.3 is 0 Å². The number of carbonyl (C=O) groups is 3. The molecule has 0 spiro atoms. The van der Waals surface area contributed by atoms with E-state index in [2.05, 4.69) is 17.5 Å². The van der Waals surface area contributed by atoms with Crippen molar-refractivity contribution in [2.24, 2.45) is 35.5 Å². The van der Waals surface area contributed by atoms with Gasteiger partial charge in [-0.15, -0.1) is 0 Å². The predicted octanol–water partition coefficient (Wildman–Crippen LogP) is 4.80. The summed E-state index contributed by atoms with van der Waals surface area (Å²) in [6.45, 7) is 0. The topological polar surface area (TPSA) is 66.5 Å². The van der Waals surface area contributed by atoms with E-state index >= 15 is 0 Å². The lowest BCUT2D eigenvalue weighted by Crippen LogP contribution is -2.40. The van der Waals surface area contributed by atoms with Crippen LogP contribution in [0.5, 0.6) is 0 Å². The van der Waals surface area contributed by atoms with Crippen LogP contribution < -0.4 is 10.2 Å². The molecule has 7 rings (SSSR count). The Bertz CT molecular complexity index is 1140. The lowest BCUT2D eigenvalue weighted by atomic mass is 9.63. The molecule has 0 unspecified atom stereocenters. The minimum absolute atomic E-state index is 0.109. The second kappa shape index (κ2) is 6.68. The number of nitrogens with zero attached hydrogens (tertiary/aromatic N) is 1. The monoisotopic (exact) mass is 452 g/mol. The first-order chi connectivity index (χ1) is 15.0. The van der Waals surface area contributed by atoms with Gasteiger partial charge in [-0.1, -0.05) is 41.4 Å². The molecule has 6 atom stereocenters. The average Bonchev–Trinajstić information content (AvgIpc) is 3.55. The predicted molar refractivity (Wildman–Crippen MR) is 118 cm³/mol. The van der Waals surface area contributed by atoms with Crippen LogP contribution in [0.1, 0.15) is 16.8 Å². The molecule has 0 radical (unpaired) electrons.